The number of likely N-dealkylation sites (tertiary alicyclic amines) is 1. The first-order valence-electron chi connectivity index (χ1n) is 13.9. The summed E-state index contributed by atoms with van der Waals surface area (Å²) in [5, 5.41) is 5.17. The van der Waals surface area contributed by atoms with Crippen LogP contribution in [0.1, 0.15) is 38.7 Å². The maximum absolute atomic E-state index is 13.9. The fourth-order valence-corrected chi connectivity index (χ4v) is 7.67. The summed E-state index contributed by atoms with van der Waals surface area (Å²) in [4.78, 5) is 15.5. The molecule has 2 aliphatic rings. The van der Waals surface area contributed by atoms with Crippen LogP contribution in [0.5, 0.6) is 0 Å². The average Bonchev–Trinajstić information content (AvgIpc) is 2.90. The Bertz CT molecular complexity index is 1420. The van der Waals surface area contributed by atoms with Crippen molar-refractivity contribution >= 4 is 32.4 Å². The first kappa shape index (κ1) is 27.8. The first-order chi connectivity index (χ1) is 18.6. The summed E-state index contributed by atoms with van der Waals surface area (Å²) in [5.74, 6) is 0.255. The third kappa shape index (κ3) is 6.19. The summed E-state index contributed by atoms with van der Waals surface area (Å²) < 4.78 is 35.9. The van der Waals surface area contributed by atoms with Gasteiger partial charge in [0, 0.05) is 30.2 Å². The molecule has 2 aliphatic heterocycles. The van der Waals surface area contributed by atoms with E-state index in [2.05, 4.69) is 24.1 Å². The van der Waals surface area contributed by atoms with E-state index in [4.69, 9.17) is 4.74 Å². The van der Waals surface area contributed by atoms with Crippen molar-refractivity contribution in [2.75, 3.05) is 38.1 Å². The van der Waals surface area contributed by atoms with E-state index in [1.165, 1.54) is 0 Å². The lowest BCUT2D eigenvalue weighted by atomic mass is 9.89. The summed E-state index contributed by atoms with van der Waals surface area (Å²) in [7, 11) is -3.70. The van der Waals surface area contributed by atoms with Crippen molar-refractivity contribution < 1.29 is 17.9 Å². The number of hydrogen-bond acceptors (Lipinski definition) is 5. The molecule has 208 valence electrons. The molecule has 2 fully saturated rings. The van der Waals surface area contributed by atoms with Gasteiger partial charge in [0.25, 0.3) is 0 Å². The third-order valence-electron chi connectivity index (χ3n) is 7.85. The molecule has 0 unspecified atom stereocenters. The molecule has 1 spiro atoms. The molecule has 3 aromatic rings. The molecule has 2 heterocycles. The van der Waals surface area contributed by atoms with Crippen molar-refractivity contribution in [3.8, 4) is 0 Å². The highest BCUT2D eigenvalue weighted by molar-refractivity contribution is 7.89. The molecule has 0 aromatic heterocycles. The lowest BCUT2D eigenvalue weighted by molar-refractivity contribution is -0.146. The molecule has 2 saturated heterocycles. The second-order valence-electron chi connectivity index (χ2n) is 11.5. The zero-order chi connectivity index (χ0) is 27.6. The number of amides is 1. The lowest BCUT2D eigenvalue weighted by Crippen LogP contribution is -2.64. The SMILES string of the molecule is Cc1ccc(S(=O)(=O)N2C[C@]3(CCCN(CC(=O)Nc4cccc5ccccc45)C3)OC[C@@H]2CC(C)C)cc1. The van der Waals surface area contributed by atoms with Crippen LogP contribution in [-0.2, 0) is 19.6 Å². The quantitative estimate of drug-likeness (QED) is 0.446. The van der Waals surface area contributed by atoms with Crippen LogP contribution in [0.15, 0.2) is 71.6 Å². The number of aryl methyl sites for hydroxylation is 1. The van der Waals surface area contributed by atoms with Gasteiger partial charge in [-0.05, 0) is 62.2 Å². The Labute approximate surface area is 232 Å². The van der Waals surface area contributed by atoms with Crippen molar-refractivity contribution in [3.05, 3.63) is 72.3 Å². The van der Waals surface area contributed by atoms with Crippen molar-refractivity contribution in [2.45, 2.75) is 56.6 Å². The summed E-state index contributed by atoms with van der Waals surface area (Å²) in [6.07, 6.45) is 2.34. The summed E-state index contributed by atoms with van der Waals surface area (Å²) >= 11 is 0. The number of hydrogen-bond donors (Lipinski definition) is 1. The molecule has 7 nitrogen and oxygen atoms in total. The molecule has 2 atom stereocenters. The zero-order valence-corrected chi connectivity index (χ0v) is 23.9. The van der Waals surface area contributed by atoms with E-state index in [9.17, 15) is 13.2 Å². The third-order valence-corrected chi connectivity index (χ3v) is 9.77. The number of morpholine rings is 1. The van der Waals surface area contributed by atoms with E-state index in [1.807, 2.05) is 61.5 Å². The Morgan fingerprint density at radius 1 is 1.05 bits per heavy atom. The van der Waals surface area contributed by atoms with Gasteiger partial charge >= 0.3 is 0 Å². The predicted molar refractivity (Wildman–Crippen MR) is 155 cm³/mol. The monoisotopic (exact) mass is 549 g/mol. The van der Waals surface area contributed by atoms with Crippen molar-refractivity contribution in [2.24, 2.45) is 5.92 Å². The number of nitrogens with zero attached hydrogens (tertiary/aromatic N) is 2. The number of nitrogens with one attached hydrogen (secondary N) is 1. The highest BCUT2D eigenvalue weighted by atomic mass is 32.2. The number of carbonyl (C=O) groups is 1. The molecule has 0 bridgehead atoms. The average molecular weight is 550 g/mol. The maximum Gasteiger partial charge on any atom is 0.243 e. The molecule has 39 heavy (non-hydrogen) atoms. The van der Waals surface area contributed by atoms with Crippen molar-refractivity contribution in [1.82, 2.24) is 9.21 Å². The van der Waals surface area contributed by atoms with Crippen LogP contribution in [-0.4, -0.2) is 68.0 Å². The molecular formula is C31H39N3O4S. The molecular weight excluding hydrogens is 510 g/mol. The molecule has 3 aromatic carbocycles. The Hall–Kier alpha value is -2.78. The summed E-state index contributed by atoms with van der Waals surface area (Å²) in [6, 6.07) is 20.8. The lowest BCUT2D eigenvalue weighted by Gasteiger charge is -2.50. The number of rotatable bonds is 7. The minimum absolute atomic E-state index is 0.0824. The van der Waals surface area contributed by atoms with Gasteiger partial charge in [-0.2, -0.15) is 4.31 Å². The van der Waals surface area contributed by atoms with Gasteiger partial charge in [-0.1, -0.05) is 67.9 Å². The fourth-order valence-electron chi connectivity index (χ4n) is 5.97. The largest absolute Gasteiger partial charge is 0.371 e. The smallest absolute Gasteiger partial charge is 0.243 e. The normalized spacial score (nSPS) is 22.9. The van der Waals surface area contributed by atoms with Crippen LogP contribution in [0.3, 0.4) is 0 Å². The van der Waals surface area contributed by atoms with E-state index in [-0.39, 0.29) is 18.5 Å². The van der Waals surface area contributed by atoms with Gasteiger partial charge < -0.3 is 10.1 Å². The fraction of sp³-hybridized carbons (Fsp3) is 0.452. The summed E-state index contributed by atoms with van der Waals surface area (Å²) in [6.45, 7) is 8.35. The van der Waals surface area contributed by atoms with Crippen LogP contribution < -0.4 is 5.32 Å². The van der Waals surface area contributed by atoms with Crippen LogP contribution in [0.4, 0.5) is 5.69 Å². The van der Waals surface area contributed by atoms with Crippen molar-refractivity contribution in [3.63, 3.8) is 0 Å². The number of piperidine rings is 1. The van der Waals surface area contributed by atoms with Gasteiger partial charge in [-0.3, -0.25) is 9.69 Å². The highest BCUT2D eigenvalue weighted by Crippen LogP contribution is 2.35. The van der Waals surface area contributed by atoms with E-state index < -0.39 is 15.6 Å². The van der Waals surface area contributed by atoms with Crippen molar-refractivity contribution in [1.29, 1.82) is 0 Å². The zero-order valence-electron chi connectivity index (χ0n) is 23.1. The maximum atomic E-state index is 13.9. The predicted octanol–water partition coefficient (Wildman–Crippen LogP) is 5.06. The van der Waals surface area contributed by atoms with Gasteiger partial charge in [0.2, 0.25) is 15.9 Å². The van der Waals surface area contributed by atoms with Crippen LogP contribution in [0.2, 0.25) is 0 Å². The van der Waals surface area contributed by atoms with Gasteiger partial charge in [-0.25, -0.2) is 8.42 Å². The van der Waals surface area contributed by atoms with Gasteiger partial charge in [0.1, 0.15) is 0 Å². The van der Waals surface area contributed by atoms with E-state index >= 15 is 0 Å². The first-order valence-corrected chi connectivity index (χ1v) is 15.3. The number of sulfonamides is 1. The number of ether oxygens (including phenoxy) is 1. The molecule has 5 rings (SSSR count). The minimum atomic E-state index is -3.70. The molecule has 1 amide bonds. The van der Waals surface area contributed by atoms with E-state index in [1.54, 1.807) is 16.4 Å². The van der Waals surface area contributed by atoms with Gasteiger partial charge in [0.05, 0.1) is 23.6 Å². The van der Waals surface area contributed by atoms with E-state index in [0.717, 1.165) is 47.8 Å². The Morgan fingerprint density at radius 3 is 2.56 bits per heavy atom. The standard InChI is InChI=1S/C31H39N3O4S/c1-23(2)18-26-20-38-31(22-34(26)39(36,37)27-14-12-24(3)13-15-27)16-7-17-33(21-31)19-30(35)32-29-11-6-9-25-8-4-5-10-28(25)29/h4-6,8-15,23,26H,7,16-22H2,1-3H3,(H,32,35)/t26-,31+/m0/s1. The highest BCUT2D eigenvalue weighted by Gasteiger charge is 2.47. The Kier molecular flexibility index (Phi) is 8.10. The molecule has 0 aliphatic carbocycles. The molecule has 0 radical (unpaired) electrons. The van der Waals surface area contributed by atoms with Gasteiger partial charge in [0.15, 0.2) is 0 Å². The second kappa shape index (κ2) is 11.4. The number of fused-ring (bicyclic) bond motifs is 1. The number of benzene rings is 3. The Balaban J connectivity index is 1.32. The second-order valence-corrected chi connectivity index (χ2v) is 13.4. The van der Waals surface area contributed by atoms with Crippen LogP contribution in [0, 0.1) is 12.8 Å². The molecule has 8 heteroatoms. The van der Waals surface area contributed by atoms with Crippen LogP contribution >= 0.6 is 0 Å². The molecule has 1 N–H and O–H groups in total. The Morgan fingerprint density at radius 2 is 1.79 bits per heavy atom. The van der Waals surface area contributed by atoms with Gasteiger partial charge in [-0.15, -0.1) is 0 Å². The minimum Gasteiger partial charge on any atom is -0.371 e. The van der Waals surface area contributed by atoms with Crippen LogP contribution in [0.25, 0.3) is 10.8 Å². The van der Waals surface area contributed by atoms with E-state index in [0.29, 0.717) is 30.5 Å². The summed E-state index contributed by atoms with van der Waals surface area (Å²) in [5.41, 5.74) is 1.19. The number of anilines is 1. The molecule has 0 saturated carbocycles. The number of carbonyl (C=O) groups excluding carboxylic acids is 1. The topological polar surface area (TPSA) is 79.0 Å².